The van der Waals surface area contributed by atoms with Gasteiger partial charge in [0.15, 0.2) is 22.6 Å². The first-order valence-corrected chi connectivity index (χ1v) is 11.5. The Bertz CT molecular complexity index is 1160. The Kier molecular flexibility index (Phi) is 5.55. The number of hydrogen-bond acceptors (Lipinski definition) is 6. The van der Waals surface area contributed by atoms with E-state index in [1.165, 1.54) is 16.7 Å². The largest absolute Gasteiger partial charge is 0.418 e. The van der Waals surface area contributed by atoms with Crippen LogP contribution in [0, 0.1) is 11.7 Å². The quantitative estimate of drug-likeness (QED) is 0.559. The first kappa shape index (κ1) is 24.0. The molecule has 1 aromatic carbocycles. The summed E-state index contributed by atoms with van der Waals surface area (Å²) in [6.07, 6.45) is -5.00. The normalized spacial score (nSPS) is 32.3. The molecule has 3 fully saturated rings. The average molecular weight is 501 g/mol. The van der Waals surface area contributed by atoms with Crippen molar-refractivity contribution in [1.29, 1.82) is 0 Å². The minimum atomic E-state index is -4.53. The topological polar surface area (TPSA) is 56.0 Å². The van der Waals surface area contributed by atoms with Gasteiger partial charge in [0.05, 0.1) is 23.9 Å². The van der Waals surface area contributed by atoms with E-state index in [1.54, 1.807) is 37.6 Å². The van der Waals surface area contributed by atoms with E-state index in [-0.39, 0.29) is 10.5 Å². The molecule has 0 radical (unpaired) electrons. The van der Waals surface area contributed by atoms with Crippen molar-refractivity contribution in [2.45, 2.75) is 83.0 Å². The van der Waals surface area contributed by atoms with Gasteiger partial charge in [0.2, 0.25) is 0 Å². The number of hydrogen-bond donors (Lipinski definition) is 0. The van der Waals surface area contributed by atoms with Gasteiger partial charge in [-0.3, -0.25) is 4.57 Å². The molecule has 0 N–H and O–H groups in total. The summed E-state index contributed by atoms with van der Waals surface area (Å²) >= 11 is 5.74. The van der Waals surface area contributed by atoms with E-state index < -0.39 is 54.0 Å². The lowest BCUT2D eigenvalue weighted by Gasteiger charge is -2.29. The van der Waals surface area contributed by atoms with Crippen molar-refractivity contribution >= 4 is 12.2 Å². The van der Waals surface area contributed by atoms with E-state index in [2.05, 4.69) is 0 Å². The molecule has 11 heteroatoms. The summed E-state index contributed by atoms with van der Waals surface area (Å²) in [5, 5.41) is 0. The summed E-state index contributed by atoms with van der Waals surface area (Å²) in [4.78, 5) is 0. The maximum Gasteiger partial charge on any atom is 0.418 e. The van der Waals surface area contributed by atoms with Gasteiger partial charge in [-0.05, 0) is 59.0 Å². The minimum Gasteiger partial charge on any atom is -0.348 e. The van der Waals surface area contributed by atoms with E-state index in [1.807, 2.05) is 13.8 Å². The number of imidazole rings is 1. The second kappa shape index (κ2) is 7.87. The van der Waals surface area contributed by atoms with Crippen molar-refractivity contribution in [3.05, 3.63) is 46.5 Å². The van der Waals surface area contributed by atoms with Crippen LogP contribution in [0.5, 0.6) is 0 Å². The number of benzene rings is 1. The highest BCUT2D eigenvalue weighted by Crippen LogP contribution is 2.46. The van der Waals surface area contributed by atoms with E-state index >= 15 is 0 Å². The highest BCUT2D eigenvalue weighted by molar-refractivity contribution is 7.71. The monoisotopic (exact) mass is 500 g/mol. The number of rotatable bonds is 3. The van der Waals surface area contributed by atoms with Gasteiger partial charge in [-0.15, -0.1) is 0 Å². The molecular weight excluding hydrogens is 473 g/mol. The maximum absolute atomic E-state index is 13.8. The number of fused-ring (bicyclic) bond motifs is 1. The van der Waals surface area contributed by atoms with Gasteiger partial charge >= 0.3 is 6.18 Å². The second-order valence-electron chi connectivity index (χ2n) is 9.74. The van der Waals surface area contributed by atoms with Crippen molar-refractivity contribution in [1.82, 2.24) is 9.13 Å². The number of para-hydroxylation sites is 1. The number of halogens is 3. The van der Waals surface area contributed by atoms with Crippen molar-refractivity contribution < 1.29 is 36.9 Å². The Labute approximate surface area is 200 Å². The van der Waals surface area contributed by atoms with E-state index in [0.29, 0.717) is 12.3 Å². The number of aryl methyl sites for hydroxylation is 1. The molecule has 186 valence electrons. The molecule has 0 spiro atoms. The van der Waals surface area contributed by atoms with Crippen LogP contribution in [-0.2, 0) is 29.9 Å². The van der Waals surface area contributed by atoms with Crippen LogP contribution >= 0.6 is 12.2 Å². The molecule has 1 aromatic heterocycles. The summed E-state index contributed by atoms with van der Waals surface area (Å²) < 4.78 is 74.8. The predicted octanol–water partition coefficient (Wildman–Crippen LogP) is 4.90. The molecule has 0 bridgehead atoms. The fraction of sp³-hybridized carbons (Fsp3) is 0.609. The maximum atomic E-state index is 13.8. The minimum absolute atomic E-state index is 0.0335. The Morgan fingerprint density at radius 2 is 1.71 bits per heavy atom. The molecule has 3 aliphatic heterocycles. The average Bonchev–Trinajstić information content (AvgIpc) is 3.40. The molecule has 0 amide bonds. The van der Waals surface area contributed by atoms with Crippen LogP contribution in [-0.4, -0.2) is 51.9 Å². The first-order valence-electron chi connectivity index (χ1n) is 11.1. The summed E-state index contributed by atoms with van der Waals surface area (Å²) in [6.45, 7) is 9.21. The summed E-state index contributed by atoms with van der Waals surface area (Å²) in [5.41, 5.74) is -0.250. The summed E-state index contributed by atoms with van der Waals surface area (Å²) in [6, 6.07) is 4.88. The van der Waals surface area contributed by atoms with Crippen LogP contribution in [0.1, 0.15) is 45.0 Å². The van der Waals surface area contributed by atoms with Gasteiger partial charge in [-0.2, -0.15) is 13.2 Å². The number of alkyl halides is 3. The fourth-order valence-corrected chi connectivity index (χ4v) is 5.43. The van der Waals surface area contributed by atoms with Crippen LogP contribution in [0.25, 0.3) is 5.69 Å². The van der Waals surface area contributed by atoms with E-state index in [0.717, 1.165) is 6.07 Å². The van der Waals surface area contributed by atoms with Gasteiger partial charge < -0.3 is 28.3 Å². The lowest BCUT2D eigenvalue weighted by atomic mass is 10.0. The fourth-order valence-electron chi connectivity index (χ4n) is 5.01. The molecule has 5 rings (SSSR count). The van der Waals surface area contributed by atoms with E-state index in [4.69, 9.17) is 35.9 Å². The van der Waals surface area contributed by atoms with Crippen LogP contribution in [0.3, 0.4) is 0 Å². The zero-order chi connectivity index (χ0) is 24.6. The lowest BCUT2D eigenvalue weighted by Crippen LogP contribution is -2.40. The smallest absolute Gasteiger partial charge is 0.348 e. The SMILES string of the molecule is Cc1cn([C@H]2[C@H]3OC(C)(C)O[C@H]3O[C@@H]2[C@H]2COC(C)(C)O2)c(=S)n1-c1ccccc1C(F)(F)F. The Morgan fingerprint density at radius 1 is 1.00 bits per heavy atom. The first-order chi connectivity index (χ1) is 15.8. The standard InChI is InChI=1S/C23H27F3N2O5S/c1-12-10-27(20(34)28(12)14-9-7-6-8-13(14)23(24,25)26)16-17(15-11-29-21(2,3)31-15)30-19-18(16)32-22(4,5)33-19/h6-10,15-19H,11H2,1-5H3/t15-,16-,17-,18-,19-/m1/s1. The third-order valence-electron chi connectivity index (χ3n) is 6.31. The molecule has 0 unspecified atom stereocenters. The molecule has 2 aromatic rings. The Hall–Kier alpha value is -1.76. The van der Waals surface area contributed by atoms with Crippen LogP contribution < -0.4 is 0 Å². The predicted molar refractivity (Wildman–Crippen MR) is 117 cm³/mol. The van der Waals surface area contributed by atoms with E-state index in [9.17, 15) is 13.2 Å². The number of ether oxygens (including phenoxy) is 5. The number of aromatic nitrogens is 2. The molecular formula is C23H27F3N2O5S. The van der Waals surface area contributed by atoms with Crippen molar-refractivity contribution in [3.8, 4) is 5.69 Å². The van der Waals surface area contributed by atoms with Crippen molar-refractivity contribution in [3.63, 3.8) is 0 Å². The van der Waals surface area contributed by atoms with Crippen molar-refractivity contribution in [2.24, 2.45) is 0 Å². The van der Waals surface area contributed by atoms with Gasteiger partial charge in [0.1, 0.15) is 18.3 Å². The third-order valence-corrected chi connectivity index (χ3v) is 6.71. The van der Waals surface area contributed by atoms with Gasteiger partial charge in [-0.25, -0.2) is 0 Å². The summed E-state index contributed by atoms with van der Waals surface area (Å²) in [5.74, 6) is -1.67. The molecule has 5 atom stereocenters. The second-order valence-corrected chi connectivity index (χ2v) is 10.1. The molecule has 3 saturated heterocycles. The Morgan fingerprint density at radius 3 is 2.35 bits per heavy atom. The zero-order valence-corrected chi connectivity index (χ0v) is 20.3. The van der Waals surface area contributed by atoms with Crippen LogP contribution in [0.15, 0.2) is 30.5 Å². The third kappa shape index (κ3) is 4.02. The number of nitrogens with zero attached hydrogens (tertiary/aromatic N) is 2. The zero-order valence-electron chi connectivity index (χ0n) is 19.5. The van der Waals surface area contributed by atoms with Gasteiger partial charge in [0.25, 0.3) is 0 Å². The molecule has 0 aliphatic carbocycles. The van der Waals surface area contributed by atoms with Crippen molar-refractivity contribution in [2.75, 3.05) is 6.61 Å². The van der Waals surface area contributed by atoms with Crippen LogP contribution in [0.4, 0.5) is 13.2 Å². The Balaban J connectivity index is 1.60. The molecule has 34 heavy (non-hydrogen) atoms. The lowest BCUT2D eigenvalue weighted by molar-refractivity contribution is -0.225. The van der Waals surface area contributed by atoms with Gasteiger partial charge in [-0.1, -0.05) is 12.1 Å². The summed E-state index contributed by atoms with van der Waals surface area (Å²) in [7, 11) is 0. The van der Waals surface area contributed by atoms with Gasteiger partial charge in [0, 0.05) is 11.9 Å². The highest BCUT2D eigenvalue weighted by atomic mass is 32.1. The highest BCUT2D eigenvalue weighted by Gasteiger charge is 2.59. The molecule has 3 aliphatic rings. The van der Waals surface area contributed by atoms with Crippen LogP contribution in [0.2, 0.25) is 0 Å². The molecule has 0 saturated carbocycles. The molecule has 4 heterocycles. The molecule has 7 nitrogen and oxygen atoms in total.